The van der Waals surface area contributed by atoms with Gasteiger partial charge in [0.25, 0.3) is 0 Å². The van der Waals surface area contributed by atoms with Crippen LogP contribution < -0.4 is 5.32 Å². The van der Waals surface area contributed by atoms with Crippen molar-refractivity contribution in [3.63, 3.8) is 0 Å². The number of hydrogen-bond acceptors (Lipinski definition) is 5. The lowest BCUT2D eigenvalue weighted by molar-refractivity contribution is 0.0881. The summed E-state index contributed by atoms with van der Waals surface area (Å²) in [6.45, 7) is 4.23. The van der Waals surface area contributed by atoms with Crippen LogP contribution in [0, 0.1) is 6.92 Å². The van der Waals surface area contributed by atoms with Crippen LogP contribution in [0.25, 0.3) is 10.2 Å². The third kappa shape index (κ3) is 2.47. The molecule has 1 N–H and O–H groups in total. The Kier molecular flexibility index (Phi) is 4.14. The van der Waals surface area contributed by atoms with E-state index in [0.717, 1.165) is 34.7 Å². The molecule has 4 nitrogen and oxygen atoms in total. The largest absolute Gasteiger partial charge is 0.373 e. The Morgan fingerprint density at radius 1 is 1.44 bits per heavy atom. The molecule has 0 fully saturated rings. The summed E-state index contributed by atoms with van der Waals surface area (Å²) >= 11 is 1.70. The molecule has 1 atom stereocenters. The van der Waals surface area contributed by atoms with Crippen LogP contribution in [0.2, 0.25) is 0 Å². The van der Waals surface area contributed by atoms with E-state index in [0.29, 0.717) is 0 Å². The minimum absolute atomic E-state index is 0.0195. The lowest BCUT2D eigenvalue weighted by atomic mass is 10.2. The Labute approximate surface area is 111 Å². The number of hydrogen-bond donors (Lipinski definition) is 1. The monoisotopic (exact) mass is 265 g/mol. The van der Waals surface area contributed by atoms with Gasteiger partial charge in [-0.1, -0.05) is 13.3 Å². The van der Waals surface area contributed by atoms with Crippen LogP contribution >= 0.6 is 11.3 Å². The van der Waals surface area contributed by atoms with Gasteiger partial charge in [0.2, 0.25) is 0 Å². The molecular weight excluding hydrogens is 246 g/mol. The topological polar surface area (TPSA) is 47.0 Å². The molecule has 0 saturated carbocycles. The number of thiophene rings is 1. The maximum absolute atomic E-state index is 5.48. The zero-order valence-electron chi connectivity index (χ0n) is 11.3. The highest BCUT2D eigenvalue weighted by Gasteiger charge is 2.16. The number of methoxy groups -OCH3 is 1. The summed E-state index contributed by atoms with van der Waals surface area (Å²) < 4.78 is 5.48. The smallest absolute Gasteiger partial charge is 0.161 e. The summed E-state index contributed by atoms with van der Waals surface area (Å²) in [5.41, 5.74) is 0. The van der Waals surface area contributed by atoms with Crippen LogP contribution in [0.4, 0.5) is 5.82 Å². The third-order valence-electron chi connectivity index (χ3n) is 2.89. The standard InChI is InChI=1S/C13H19N3OS/c1-5-6-10(17-4)12-15-11(14-3)9-7-8(2)18-13(9)16-12/h7,10H,5-6H2,1-4H3,(H,14,15,16). The quantitative estimate of drug-likeness (QED) is 0.898. The van der Waals surface area contributed by atoms with Crippen molar-refractivity contribution in [2.24, 2.45) is 0 Å². The van der Waals surface area contributed by atoms with Crippen LogP contribution in [-0.4, -0.2) is 24.1 Å². The molecule has 18 heavy (non-hydrogen) atoms. The van der Waals surface area contributed by atoms with E-state index in [2.05, 4.69) is 35.2 Å². The van der Waals surface area contributed by atoms with Crippen LogP contribution in [-0.2, 0) is 4.74 Å². The van der Waals surface area contributed by atoms with Gasteiger partial charge in [-0.25, -0.2) is 9.97 Å². The molecule has 0 aromatic carbocycles. The Hall–Kier alpha value is -1.20. The fourth-order valence-electron chi connectivity index (χ4n) is 2.01. The Balaban J connectivity index is 2.51. The summed E-state index contributed by atoms with van der Waals surface area (Å²) in [6, 6.07) is 2.12. The maximum atomic E-state index is 5.48. The second kappa shape index (κ2) is 5.63. The first-order valence-corrected chi connectivity index (χ1v) is 6.99. The molecule has 0 amide bonds. The average molecular weight is 265 g/mol. The minimum Gasteiger partial charge on any atom is -0.373 e. The van der Waals surface area contributed by atoms with Gasteiger partial charge in [0.1, 0.15) is 16.8 Å². The molecular formula is C13H19N3OS. The Bertz CT molecular complexity index is 538. The molecule has 2 aromatic rings. The predicted octanol–water partition coefficient (Wildman–Crippen LogP) is 3.53. The normalized spacial score (nSPS) is 12.9. The van der Waals surface area contributed by atoms with Gasteiger partial charge >= 0.3 is 0 Å². The highest BCUT2D eigenvalue weighted by Crippen LogP contribution is 2.30. The lowest BCUT2D eigenvalue weighted by Gasteiger charge is -2.14. The maximum Gasteiger partial charge on any atom is 0.161 e. The van der Waals surface area contributed by atoms with Gasteiger partial charge in [0.05, 0.1) is 5.39 Å². The summed E-state index contributed by atoms with van der Waals surface area (Å²) in [5.74, 6) is 1.66. The molecule has 2 rings (SSSR count). The summed E-state index contributed by atoms with van der Waals surface area (Å²) in [7, 11) is 3.60. The minimum atomic E-state index is -0.0195. The van der Waals surface area contributed by atoms with E-state index in [1.807, 2.05) is 7.05 Å². The van der Waals surface area contributed by atoms with Crippen molar-refractivity contribution < 1.29 is 4.74 Å². The van der Waals surface area contributed by atoms with Gasteiger partial charge in [0, 0.05) is 19.0 Å². The molecule has 0 saturated heterocycles. The number of ether oxygens (including phenoxy) is 1. The Morgan fingerprint density at radius 2 is 2.22 bits per heavy atom. The molecule has 0 aliphatic carbocycles. The van der Waals surface area contributed by atoms with Crippen LogP contribution in [0.5, 0.6) is 0 Å². The van der Waals surface area contributed by atoms with Gasteiger partial charge in [-0.3, -0.25) is 0 Å². The highest BCUT2D eigenvalue weighted by molar-refractivity contribution is 7.18. The molecule has 2 aromatic heterocycles. The van der Waals surface area contributed by atoms with Crippen LogP contribution in [0.15, 0.2) is 6.07 Å². The number of aromatic nitrogens is 2. The highest BCUT2D eigenvalue weighted by atomic mass is 32.1. The first-order chi connectivity index (χ1) is 8.69. The second-order valence-corrected chi connectivity index (χ2v) is 5.50. The molecule has 0 aliphatic rings. The number of anilines is 1. The van der Waals surface area contributed by atoms with Crippen molar-refractivity contribution >= 4 is 27.4 Å². The number of fused-ring (bicyclic) bond motifs is 1. The summed E-state index contributed by atoms with van der Waals surface area (Å²) in [6.07, 6.45) is 1.97. The van der Waals surface area contributed by atoms with Crippen molar-refractivity contribution in [2.75, 3.05) is 19.5 Å². The van der Waals surface area contributed by atoms with Crippen molar-refractivity contribution in [1.82, 2.24) is 9.97 Å². The first kappa shape index (κ1) is 13.2. The van der Waals surface area contributed by atoms with Gasteiger partial charge < -0.3 is 10.1 Å². The van der Waals surface area contributed by atoms with Crippen LogP contribution in [0.3, 0.4) is 0 Å². The van der Waals surface area contributed by atoms with Gasteiger partial charge in [-0.2, -0.15) is 0 Å². The van der Waals surface area contributed by atoms with E-state index in [4.69, 9.17) is 4.74 Å². The van der Waals surface area contributed by atoms with E-state index in [-0.39, 0.29) is 6.10 Å². The second-order valence-electron chi connectivity index (χ2n) is 4.27. The molecule has 0 bridgehead atoms. The number of nitrogens with one attached hydrogen (secondary N) is 1. The predicted molar refractivity (Wildman–Crippen MR) is 76.4 cm³/mol. The fraction of sp³-hybridized carbons (Fsp3) is 0.538. The molecule has 98 valence electrons. The molecule has 1 unspecified atom stereocenters. The molecule has 0 aliphatic heterocycles. The molecule has 0 radical (unpaired) electrons. The molecule has 5 heteroatoms. The molecule has 2 heterocycles. The van der Waals surface area contributed by atoms with E-state index in [1.165, 1.54) is 4.88 Å². The summed E-state index contributed by atoms with van der Waals surface area (Å²) in [5, 5.41) is 4.24. The number of rotatable bonds is 5. The van der Waals surface area contributed by atoms with Gasteiger partial charge in [-0.05, 0) is 19.4 Å². The van der Waals surface area contributed by atoms with Crippen molar-refractivity contribution in [3.05, 3.63) is 16.8 Å². The van der Waals surface area contributed by atoms with Crippen molar-refractivity contribution in [3.8, 4) is 0 Å². The Morgan fingerprint density at radius 3 is 2.83 bits per heavy atom. The van der Waals surface area contributed by atoms with Crippen molar-refractivity contribution in [1.29, 1.82) is 0 Å². The zero-order chi connectivity index (χ0) is 13.1. The van der Waals surface area contributed by atoms with E-state index < -0.39 is 0 Å². The van der Waals surface area contributed by atoms with Crippen molar-refractivity contribution in [2.45, 2.75) is 32.8 Å². The third-order valence-corrected chi connectivity index (χ3v) is 3.84. The van der Waals surface area contributed by atoms with Gasteiger partial charge in [0.15, 0.2) is 5.82 Å². The fourth-order valence-corrected chi connectivity index (χ4v) is 2.89. The zero-order valence-corrected chi connectivity index (χ0v) is 12.1. The average Bonchev–Trinajstić information content (AvgIpc) is 2.74. The lowest BCUT2D eigenvalue weighted by Crippen LogP contribution is -2.08. The summed E-state index contributed by atoms with van der Waals surface area (Å²) in [4.78, 5) is 11.5. The SMILES string of the molecule is CCCC(OC)c1nc(NC)c2cc(C)sc2n1. The van der Waals surface area contributed by atoms with E-state index in [1.54, 1.807) is 18.4 Å². The van der Waals surface area contributed by atoms with Crippen LogP contribution in [0.1, 0.15) is 36.6 Å². The van der Waals surface area contributed by atoms with Gasteiger partial charge in [-0.15, -0.1) is 11.3 Å². The van der Waals surface area contributed by atoms with E-state index in [9.17, 15) is 0 Å². The molecule has 0 spiro atoms. The number of nitrogens with zero attached hydrogens (tertiary/aromatic N) is 2. The number of aryl methyl sites for hydroxylation is 1. The first-order valence-electron chi connectivity index (χ1n) is 6.18. The van der Waals surface area contributed by atoms with E-state index >= 15 is 0 Å².